The zero-order chi connectivity index (χ0) is 10.7. The standard InChI is InChI=1S/C11H16ClNOS/c12-10-4-7-15-11(10)8-13(5-6-14)9-2-1-3-9/h4,7,9,14H,1-3,5-6,8H2. The summed E-state index contributed by atoms with van der Waals surface area (Å²) < 4.78 is 0. The molecule has 1 heterocycles. The smallest absolute Gasteiger partial charge is 0.0558 e. The maximum Gasteiger partial charge on any atom is 0.0558 e. The molecule has 1 N–H and O–H groups in total. The normalized spacial score (nSPS) is 17.0. The highest BCUT2D eigenvalue weighted by Crippen LogP contribution is 2.29. The number of hydrogen-bond donors (Lipinski definition) is 1. The molecule has 1 aromatic heterocycles. The van der Waals surface area contributed by atoms with Gasteiger partial charge in [-0.15, -0.1) is 11.3 Å². The van der Waals surface area contributed by atoms with E-state index in [2.05, 4.69) is 4.90 Å². The van der Waals surface area contributed by atoms with Crippen molar-refractivity contribution >= 4 is 22.9 Å². The number of nitrogens with zero attached hydrogens (tertiary/aromatic N) is 1. The van der Waals surface area contributed by atoms with Gasteiger partial charge in [0, 0.05) is 24.0 Å². The van der Waals surface area contributed by atoms with Crippen molar-refractivity contribution in [3.63, 3.8) is 0 Å². The summed E-state index contributed by atoms with van der Waals surface area (Å²) in [7, 11) is 0. The number of halogens is 1. The third kappa shape index (κ3) is 2.72. The molecule has 84 valence electrons. The Morgan fingerprint density at radius 1 is 1.53 bits per heavy atom. The van der Waals surface area contributed by atoms with Crippen LogP contribution in [0.2, 0.25) is 5.02 Å². The first-order chi connectivity index (χ1) is 7.31. The quantitative estimate of drug-likeness (QED) is 0.862. The lowest BCUT2D eigenvalue weighted by Gasteiger charge is -2.37. The second-order valence-corrected chi connectivity index (χ2v) is 5.38. The second-order valence-electron chi connectivity index (χ2n) is 3.97. The van der Waals surface area contributed by atoms with Crippen molar-refractivity contribution in [2.24, 2.45) is 0 Å². The molecule has 0 bridgehead atoms. The van der Waals surface area contributed by atoms with Crippen LogP contribution in [0.25, 0.3) is 0 Å². The average Bonchev–Trinajstić information content (AvgIpc) is 2.49. The van der Waals surface area contributed by atoms with Gasteiger partial charge in [-0.3, -0.25) is 4.90 Å². The fourth-order valence-electron chi connectivity index (χ4n) is 1.89. The van der Waals surface area contributed by atoms with Crippen molar-refractivity contribution in [3.8, 4) is 0 Å². The highest BCUT2D eigenvalue weighted by Gasteiger charge is 2.25. The topological polar surface area (TPSA) is 23.5 Å². The van der Waals surface area contributed by atoms with E-state index in [4.69, 9.17) is 16.7 Å². The lowest BCUT2D eigenvalue weighted by atomic mass is 9.91. The summed E-state index contributed by atoms with van der Waals surface area (Å²) in [5, 5.41) is 11.9. The molecule has 2 nitrogen and oxygen atoms in total. The van der Waals surface area contributed by atoms with Gasteiger partial charge in [0.15, 0.2) is 0 Å². The predicted molar refractivity (Wildman–Crippen MR) is 64.5 cm³/mol. The summed E-state index contributed by atoms with van der Waals surface area (Å²) in [6, 6.07) is 2.61. The van der Waals surface area contributed by atoms with Gasteiger partial charge in [0.2, 0.25) is 0 Å². The van der Waals surface area contributed by atoms with Crippen LogP contribution in [-0.2, 0) is 6.54 Å². The van der Waals surface area contributed by atoms with Crippen LogP contribution in [0.15, 0.2) is 11.4 Å². The highest BCUT2D eigenvalue weighted by molar-refractivity contribution is 7.10. The maximum atomic E-state index is 9.03. The summed E-state index contributed by atoms with van der Waals surface area (Å²) in [6.07, 6.45) is 3.86. The molecule has 1 aliphatic carbocycles. The van der Waals surface area contributed by atoms with Crippen LogP contribution in [0.4, 0.5) is 0 Å². The van der Waals surface area contributed by atoms with E-state index in [1.165, 1.54) is 24.1 Å². The van der Waals surface area contributed by atoms with Crippen LogP contribution in [0.5, 0.6) is 0 Å². The lowest BCUT2D eigenvalue weighted by Crippen LogP contribution is -2.41. The van der Waals surface area contributed by atoms with E-state index in [0.29, 0.717) is 6.04 Å². The van der Waals surface area contributed by atoms with Crippen molar-refractivity contribution in [1.82, 2.24) is 4.90 Å². The van der Waals surface area contributed by atoms with E-state index in [-0.39, 0.29) is 6.61 Å². The minimum atomic E-state index is 0.236. The number of hydrogen-bond acceptors (Lipinski definition) is 3. The van der Waals surface area contributed by atoms with Crippen LogP contribution in [0, 0.1) is 0 Å². The van der Waals surface area contributed by atoms with Crippen LogP contribution in [0.1, 0.15) is 24.1 Å². The van der Waals surface area contributed by atoms with Crippen molar-refractivity contribution in [2.75, 3.05) is 13.2 Å². The Kier molecular flexibility index (Phi) is 4.03. The molecule has 4 heteroatoms. The molecular weight excluding hydrogens is 230 g/mol. The van der Waals surface area contributed by atoms with Crippen molar-refractivity contribution in [1.29, 1.82) is 0 Å². The van der Waals surface area contributed by atoms with Crippen molar-refractivity contribution in [3.05, 3.63) is 21.3 Å². The first kappa shape index (κ1) is 11.4. The molecule has 0 amide bonds. The van der Waals surface area contributed by atoms with Crippen molar-refractivity contribution < 1.29 is 5.11 Å². The fourth-order valence-corrected chi connectivity index (χ4v) is 3.01. The van der Waals surface area contributed by atoms with Gasteiger partial charge in [-0.1, -0.05) is 18.0 Å². The third-order valence-corrected chi connectivity index (χ3v) is 4.39. The van der Waals surface area contributed by atoms with Gasteiger partial charge in [0.05, 0.1) is 11.6 Å². The molecule has 0 aromatic carbocycles. The summed E-state index contributed by atoms with van der Waals surface area (Å²) in [4.78, 5) is 3.57. The molecule has 0 saturated heterocycles. The molecule has 0 spiro atoms. The van der Waals surface area contributed by atoms with Crippen LogP contribution in [0.3, 0.4) is 0 Å². The molecule has 1 aromatic rings. The molecule has 1 aliphatic rings. The van der Waals surface area contributed by atoms with E-state index in [1.54, 1.807) is 11.3 Å². The molecular formula is C11H16ClNOS. The number of aliphatic hydroxyl groups excluding tert-OH is 1. The number of rotatable bonds is 5. The molecule has 1 saturated carbocycles. The summed E-state index contributed by atoms with van der Waals surface area (Å²) in [6.45, 7) is 1.89. The zero-order valence-electron chi connectivity index (χ0n) is 8.66. The molecule has 15 heavy (non-hydrogen) atoms. The van der Waals surface area contributed by atoms with Gasteiger partial charge in [-0.2, -0.15) is 0 Å². The van der Waals surface area contributed by atoms with Gasteiger partial charge in [-0.05, 0) is 24.3 Å². The van der Waals surface area contributed by atoms with Gasteiger partial charge < -0.3 is 5.11 Å². The maximum absolute atomic E-state index is 9.03. The number of aliphatic hydroxyl groups is 1. The highest BCUT2D eigenvalue weighted by atomic mass is 35.5. The van der Waals surface area contributed by atoms with E-state index >= 15 is 0 Å². The van der Waals surface area contributed by atoms with Gasteiger partial charge in [-0.25, -0.2) is 0 Å². The lowest BCUT2D eigenvalue weighted by molar-refractivity contribution is 0.0955. The Bertz CT molecular complexity index is 311. The second kappa shape index (κ2) is 5.30. The van der Waals surface area contributed by atoms with E-state index in [0.717, 1.165) is 18.1 Å². The Labute approximate surface area is 99.5 Å². The minimum Gasteiger partial charge on any atom is -0.395 e. The van der Waals surface area contributed by atoms with E-state index in [9.17, 15) is 0 Å². The Hall–Kier alpha value is -0.0900. The van der Waals surface area contributed by atoms with Gasteiger partial charge in [0.1, 0.15) is 0 Å². The first-order valence-corrected chi connectivity index (χ1v) is 6.64. The molecule has 2 rings (SSSR count). The molecule has 0 aliphatic heterocycles. The Morgan fingerprint density at radius 3 is 2.80 bits per heavy atom. The summed E-state index contributed by atoms with van der Waals surface area (Å²) in [5.41, 5.74) is 0. The van der Waals surface area contributed by atoms with Gasteiger partial charge >= 0.3 is 0 Å². The fraction of sp³-hybridized carbons (Fsp3) is 0.636. The van der Waals surface area contributed by atoms with E-state index < -0.39 is 0 Å². The summed E-state index contributed by atoms with van der Waals surface area (Å²) in [5.74, 6) is 0. The monoisotopic (exact) mass is 245 g/mol. The third-order valence-electron chi connectivity index (χ3n) is 3.02. The molecule has 0 radical (unpaired) electrons. The Balaban J connectivity index is 1.96. The molecule has 0 atom stereocenters. The molecule has 0 unspecified atom stereocenters. The van der Waals surface area contributed by atoms with Crippen LogP contribution in [-0.4, -0.2) is 29.2 Å². The van der Waals surface area contributed by atoms with Crippen LogP contribution < -0.4 is 0 Å². The number of thiophene rings is 1. The zero-order valence-corrected chi connectivity index (χ0v) is 10.2. The Morgan fingerprint density at radius 2 is 2.33 bits per heavy atom. The molecule has 1 fully saturated rings. The SMILES string of the molecule is OCCN(Cc1sccc1Cl)C1CCC1. The van der Waals surface area contributed by atoms with E-state index in [1.807, 2.05) is 11.4 Å². The summed E-state index contributed by atoms with van der Waals surface area (Å²) >= 11 is 7.77. The minimum absolute atomic E-state index is 0.236. The predicted octanol–water partition coefficient (Wildman–Crippen LogP) is 2.75. The van der Waals surface area contributed by atoms with Gasteiger partial charge in [0.25, 0.3) is 0 Å². The first-order valence-electron chi connectivity index (χ1n) is 5.38. The average molecular weight is 246 g/mol. The van der Waals surface area contributed by atoms with Crippen LogP contribution >= 0.6 is 22.9 Å². The largest absolute Gasteiger partial charge is 0.395 e. The van der Waals surface area contributed by atoms with Crippen molar-refractivity contribution in [2.45, 2.75) is 31.8 Å².